The van der Waals surface area contributed by atoms with Crippen molar-refractivity contribution in [3.63, 3.8) is 0 Å². The molecule has 2 N–H and O–H groups in total. The number of aromatic nitrogens is 2. The maximum Gasteiger partial charge on any atom is 0.0682 e. The van der Waals surface area contributed by atoms with Gasteiger partial charge in [-0.15, -0.1) is 0 Å². The summed E-state index contributed by atoms with van der Waals surface area (Å²) in [5.74, 6) is 0. The van der Waals surface area contributed by atoms with Gasteiger partial charge in [0.05, 0.1) is 5.69 Å². The largest absolute Gasteiger partial charge is 0.327 e. The van der Waals surface area contributed by atoms with Crippen LogP contribution in [0.3, 0.4) is 0 Å². The van der Waals surface area contributed by atoms with Crippen LogP contribution in [-0.2, 0) is 13.6 Å². The number of aryl methyl sites for hydroxylation is 2. The molecule has 0 saturated carbocycles. The predicted octanol–water partition coefficient (Wildman–Crippen LogP) is 2.32. The van der Waals surface area contributed by atoms with Crippen LogP contribution >= 0.6 is 0 Å². The van der Waals surface area contributed by atoms with Crippen molar-refractivity contribution in [1.82, 2.24) is 14.7 Å². The van der Waals surface area contributed by atoms with Crippen LogP contribution in [-0.4, -0.2) is 33.8 Å². The Balaban J connectivity index is 1.90. The Morgan fingerprint density at radius 3 is 2.90 bits per heavy atom. The molecule has 4 nitrogen and oxygen atoms in total. The molecule has 1 saturated heterocycles. The molecule has 0 amide bonds. The van der Waals surface area contributed by atoms with Gasteiger partial charge < -0.3 is 5.73 Å². The van der Waals surface area contributed by atoms with E-state index >= 15 is 0 Å². The van der Waals surface area contributed by atoms with Crippen molar-refractivity contribution in [2.75, 3.05) is 13.1 Å². The molecule has 1 aliphatic heterocycles. The smallest absolute Gasteiger partial charge is 0.0682 e. The Morgan fingerprint density at radius 2 is 2.19 bits per heavy atom. The molecule has 0 radical (unpaired) electrons. The Hall–Kier alpha value is -1.65. The molecule has 2 aromatic rings. The molecule has 0 aliphatic carbocycles. The van der Waals surface area contributed by atoms with Crippen LogP contribution in [0, 0.1) is 6.92 Å². The third kappa shape index (κ3) is 3.17. The van der Waals surface area contributed by atoms with Crippen LogP contribution in [0.15, 0.2) is 30.5 Å². The molecule has 4 heteroatoms. The van der Waals surface area contributed by atoms with E-state index in [1.807, 2.05) is 17.9 Å². The van der Waals surface area contributed by atoms with Crippen LogP contribution in [0.2, 0.25) is 0 Å². The Morgan fingerprint density at radius 1 is 1.33 bits per heavy atom. The minimum atomic E-state index is 0.323. The second-order valence-corrected chi connectivity index (χ2v) is 6.14. The van der Waals surface area contributed by atoms with Gasteiger partial charge in [-0.1, -0.05) is 17.7 Å². The summed E-state index contributed by atoms with van der Waals surface area (Å²) in [6, 6.07) is 9.11. The van der Waals surface area contributed by atoms with Gasteiger partial charge in [0, 0.05) is 37.9 Å². The number of nitrogens with zero attached hydrogens (tertiary/aromatic N) is 3. The molecule has 3 rings (SSSR count). The molecule has 21 heavy (non-hydrogen) atoms. The Bertz CT molecular complexity index is 617. The van der Waals surface area contributed by atoms with E-state index in [4.69, 9.17) is 5.73 Å². The van der Waals surface area contributed by atoms with Crippen molar-refractivity contribution in [1.29, 1.82) is 0 Å². The lowest BCUT2D eigenvalue weighted by molar-refractivity contribution is 0.202. The molecule has 1 aliphatic rings. The first-order valence-corrected chi connectivity index (χ1v) is 7.69. The first-order valence-electron chi connectivity index (χ1n) is 7.69. The van der Waals surface area contributed by atoms with E-state index in [9.17, 15) is 0 Å². The van der Waals surface area contributed by atoms with Crippen LogP contribution in [0.4, 0.5) is 0 Å². The Labute approximate surface area is 126 Å². The average Bonchev–Trinajstić information content (AvgIpc) is 2.87. The maximum atomic E-state index is 6.10. The van der Waals surface area contributed by atoms with Gasteiger partial charge in [-0.3, -0.25) is 9.58 Å². The molecule has 1 atom stereocenters. The standard InChI is InChI=1S/C17H24N4/c1-13-5-6-14(11-21-9-3-4-15(18)12-21)16(10-13)17-7-8-19-20(17)2/h5-8,10,15H,3-4,9,11-12,18H2,1-2H3/t15-/m1/s1. The molecule has 1 aromatic carbocycles. The van der Waals surface area contributed by atoms with Crippen molar-refractivity contribution < 1.29 is 0 Å². The second kappa shape index (κ2) is 6.00. The maximum absolute atomic E-state index is 6.10. The number of nitrogens with two attached hydrogens (primary N) is 1. The fraction of sp³-hybridized carbons (Fsp3) is 0.471. The molecular formula is C17H24N4. The summed E-state index contributed by atoms with van der Waals surface area (Å²) in [5, 5.41) is 4.31. The summed E-state index contributed by atoms with van der Waals surface area (Å²) < 4.78 is 1.94. The van der Waals surface area contributed by atoms with E-state index < -0.39 is 0 Å². The lowest BCUT2D eigenvalue weighted by atomic mass is 9.99. The average molecular weight is 284 g/mol. The molecule has 2 heterocycles. The van der Waals surface area contributed by atoms with Gasteiger partial charge in [-0.2, -0.15) is 5.10 Å². The van der Waals surface area contributed by atoms with Gasteiger partial charge in [-0.05, 0) is 44.0 Å². The topological polar surface area (TPSA) is 47.1 Å². The number of hydrogen-bond acceptors (Lipinski definition) is 3. The first kappa shape index (κ1) is 14.3. The van der Waals surface area contributed by atoms with Crippen molar-refractivity contribution in [3.8, 4) is 11.3 Å². The molecule has 0 unspecified atom stereocenters. The summed E-state index contributed by atoms with van der Waals surface area (Å²) in [5.41, 5.74) is 11.2. The number of piperidine rings is 1. The van der Waals surface area contributed by atoms with Crippen LogP contribution < -0.4 is 5.73 Å². The van der Waals surface area contributed by atoms with Gasteiger partial charge >= 0.3 is 0 Å². The zero-order chi connectivity index (χ0) is 14.8. The molecular weight excluding hydrogens is 260 g/mol. The van der Waals surface area contributed by atoms with E-state index in [1.165, 1.54) is 28.8 Å². The third-order valence-corrected chi connectivity index (χ3v) is 4.30. The zero-order valence-corrected chi connectivity index (χ0v) is 12.9. The highest BCUT2D eigenvalue weighted by atomic mass is 15.3. The van der Waals surface area contributed by atoms with Gasteiger partial charge in [0.25, 0.3) is 0 Å². The van der Waals surface area contributed by atoms with E-state index in [1.54, 1.807) is 0 Å². The second-order valence-electron chi connectivity index (χ2n) is 6.14. The van der Waals surface area contributed by atoms with Crippen molar-refractivity contribution in [2.24, 2.45) is 12.8 Å². The quantitative estimate of drug-likeness (QED) is 0.941. The molecule has 1 fully saturated rings. The van der Waals surface area contributed by atoms with E-state index in [-0.39, 0.29) is 0 Å². The van der Waals surface area contributed by atoms with Crippen LogP contribution in [0.1, 0.15) is 24.0 Å². The number of likely N-dealkylation sites (tertiary alicyclic amines) is 1. The molecule has 0 bridgehead atoms. The highest BCUT2D eigenvalue weighted by Gasteiger charge is 2.18. The summed E-state index contributed by atoms with van der Waals surface area (Å²) in [6.45, 7) is 5.25. The molecule has 0 spiro atoms. The van der Waals surface area contributed by atoms with E-state index in [0.717, 1.165) is 26.1 Å². The summed E-state index contributed by atoms with van der Waals surface area (Å²) in [6.07, 6.45) is 4.21. The summed E-state index contributed by atoms with van der Waals surface area (Å²) in [4.78, 5) is 2.47. The monoisotopic (exact) mass is 284 g/mol. The normalized spacial score (nSPS) is 19.9. The predicted molar refractivity (Wildman–Crippen MR) is 85.9 cm³/mol. The zero-order valence-electron chi connectivity index (χ0n) is 12.9. The highest BCUT2D eigenvalue weighted by molar-refractivity contribution is 5.64. The fourth-order valence-corrected chi connectivity index (χ4v) is 3.18. The van der Waals surface area contributed by atoms with Crippen LogP contribution in [0.25, 0.3) is 11.3 Å². The van der Waals surface area contributed by atoms with Gasteiger partial charge in [-0.25, -0.2) is 0 Å². The number of hydrogen-bond donors (Lipinski definition) is 1. The van der Waals surface area contributed by atoms with E-state index in [2.05, 4.69) is 41.2 Å². The van der Waals surface area contributed by atoms with Gasteiger partial charge in [0.2, 0.25) is 0 Å². The van der Waals surface area contributed by atoms with Crippen molar-refractivity contribution in [2.45, 2.75) is 32.4 Å². The fourth-order valence-electron chi connectivity index (χ4n) is 3.18. The van der Waals surface area contributed by atoms with Crippen molar-refractivity contribution >= 4 is 0 Å². The minimum Gasteiger partial charge on any atom is -0.327 e. The number of rotatable bonds is 3. The first-order chi connectivity index (χ1) is 10.1. The van der Waals surface area contributed by atoms with Gasteiger partial charge in [0.15, 0.2) is 0 Å². The van der Waals surface area contributed by atoms with Crippen LogP contribution in [0.5, 0.6) is 0 Å². The minimum absolute atomic E-state index is 0.323. The van der Waals surface area contributed by atoms with Gasteiger partial charge in [0.1, 0.15) is 0 Å². The molecule has 112 valence electrons. The van der Waals surface area contributed by atoms with Crippen molar-refractivity contribution in [3.05, 3.63) is 41.6 Å². The lowest BCUT2D eigenvalue weighted by Crippen LogP contribution is -2.42. The Kier molecular flexibility index (Phi) is 4.08. The summed E-state index contributed by atoms with van der Waals surface area (Å²) >= 11 is 0. The summed E-state index contributed by atoms with van der Waals surface area (Å²) in [7, 11) is 2.00. The van der Waals surface area contributed by atoms with E-state index in [0.29, 0.717) is 6.04 Å². The number of benzene rings is 1. The third-order valence-electron chi connectivity index (χ3n) is 4.30. The highest BCUT2D eigenvalue weighted by Crippen LogP contribution is 2.26. The lowest BCUT2D eigenvalue weighted by Gasteiger charge is -2.31. The SMILES string of the molecule is Cc1ccc(CN2CCC[C@@H](N)C2)c(-c2ccnn2C)c1. The molecule has 1 aromatic heterocycles.